The summed E-state index contributed by atoms with van der Waals surface area (Å²) in [6.45, 7) is 0.496. The van der Waals surface area contributed by atoms with Crippen molar-refractivity contribution in [1.82, 2.24) is 0 Å². The van der Waals surface area contributed by atoms with Crippen molar-refractivity contribution < 1.29 is 33.5 Å². The number of rotatable bonds is 10. The van der Waals surface area contributed by atoms with Gasteiger partial charge in [0, 0.05) is 0 Å². The van der Waals surface area contributed by atoms with E-state index in [0.29, 0.717) is 6.42 Å². The predicted molar refractivity (Wildman–Crippen MR) is 74.4 cm³/mol. The van der Waals surface area contributed by atoms with Crippen LogP contribution in [0.15, 0.2) is 0 Å². The summed E-state index contributed by atoms with van der Waals surface area (Å²) >= 11 is 0. The Morgan fingerprint density at radius 1 is 1.05 bits per heavy atom. The lowest BCUT2D eigenvalue weighted by Gasteiger charge is -2.48. The molecule has 0 amide bonds. The first-order valence-corrected chi connectivity index (χ1v) is 9.00. The van der Waals surface area contributed by atoms with E-state index in [-0.39, 0.29) is 0 Å². The van der Waals surface area contributed by atoms with Crippen LogP contribution in [0.25, 0.3) is 0 Å². The summed E-state index contributed by atoms with van der Waals surface area (Å²) in [6.07, 6.45) is 5.19. The van der Waals surface area contributed by atoms with E-state index in [9.17, 15) is 19.9 Å². The number of fused-ring (bicyclic) bond motifs is 1. The van der Waals surface area contributed by atoms with Crippen LogP contribution >= 0.6 is 7.82 Å². The van der Waals surface area contributed by atoms with Gasteiger partial charge in [0.1, 0.15) is 6.10 Å². The van der Waals surface area contributed by atoms with Crippen molar-refractivity contribution in [3.8, 4) is 0 Å². The van der Waals surface area contributed by atoms with E-state index in [1.807, 2.05) is 0 Å². The van der Waals surface area contributed by atoms with Gasteiger partial charge in [-0.3, -0.25) is 4.52 Å². The highest BCUT2D eigenvalue weighted by molar-refractivity contribution is 7.50. The SMILES string of the molecule is CCCCCCCC1OP2(=O)OC1(C(CO)(CO)CO)O2. The van der Waals surface area contributed by atoms with Crippen LogP contribution in [0, 0.1) is 5.41 Å². The standard InChI is InChI=1S/C13H25O7P/c1-2-3-4-5-6-7-11-13(12(8-14,9-15)10-16)19-21(17,18-11)20-13/h11,14-16H,2-10H2,1H3. The van der Waals surface area contributed by atoms with Gasteiger partial charge in [-0.2, -0.15) is 0 Å². The van der Waals surface area contributed by atoms with E-state index in [0.717, 1.165) is 32.1 Å². The quantitative estimate of drug-likeness (QED) is 0.413. The Hall–Kier alpha value is -0.0100. The molecule has 3 aliphatic rings. The third kappa shape index (κ3) is 2.81. The molecule has 0 aromatic heterocycles. The normalized spacial score (nSPS) is 35.0. The van der Waals surface area contributed by atoms with Crippen LogP contribution in [0.4, 0.5) is 0 Å². The molecule has 3 N–H and O–H groups in total. The van der Waals surface area contributed by atoms with Gasteiger partial charge >= 0.3 is 7.82 Å². The average Bonchev–Trinajstić information content (AvgIpc) is 2.90. The molecule has 21 heavy (non-hydrogen) atoms. The Morgan fingerprint density at radius 3 is 2.14 bits per heavy atom. The second-order valence-corrected chi connectivity index (χ2v) is 7.32. The van der Waals surface area contributed by atoms with Gasteiger partial charge in [0.25, 0.3) is 0 Å². The van der Waals surface area contributed by atoms with E-state index >= 15 is 0 Å². The monoisotopic (exact) mass is 324 g/mol. The average molecular weight is 324 g/mol. The van der Waals surface area contributed by atoms with Gasteiger partial charge in [-0.05, 0) is 6.42 Å². The van der Waals surface area contributed by atoms with Crippen molar-refractivity contribution in [3.63, 3.8) is 0 Å². The summed E-state index contributed by atoms with van der Waals surface area (Å²) in [5.74, 6) is -1.51. The summed E-state index contributed by atoms with van der Waals surface area (Å²) < 4.78 is 27.8. The molecule has 3 fully saturated rings. The molecule has 3 rings (SSSR count). The smallest absolute Gasteiger partial charge is 0.395 e. The highest BCUT2D eigenvalue weighted by Crippen LogP contribution is 2.78. The maximum Gasteiger partial charge on any atom is 0.480 e. The first kappa shape index (κ1) is 17.3. The van der Waals surface area contributed by atoms with Crippen LogP contribution in [0.1, 0.15) is 45.4 Å². The van der Waals surface area contributed by atoms with Gasteiger partial charge < -0.3 is 15.3 Å². The molecule has 0 aromatic rings. The van der Waals surface area contributed by atoms with E-state index in [4.69, 9.17) is 13.6 Å². The van der Waals surface area contributed by atoms with Crippen molar-refractivity contribution in [2.75, 3.05) is 19.8 Å². The van der Waals surface area contributed by atoms with Crippen LogP contribution in [0.2, 0.25) is 0 Å². The predicted octanol–water partition coefficient (Wildman–Crippen LogP) is 1.56. The Bertz CT molecular complexity index is 378. The summed E-state index contributed by atoms with van der Waals surface area (Å²) in [4.78, 5) is 0. The molecule has 0 spiro atoms. The van der Waals surface area contributed by atoms with Gasteiger partial charge in [-0.25, -0.2) is 13.6 Å². The van der Waals surface area contributed by atoms with Gasteiger partial charge in [0.05, 0.1) is 25.2 Å². The zero-order chi connectivity index (χ0) is 15.6. The Kier molecular flexibility index (Phi) is 5.47. The number of phosphoric acid groups is 1. The van der Waals surface area contributed by atoms with E-state index in [1.165, 1.54) is 0 Å². The number of aliphatic hydroxyl groups is 3. The van der Waals surface area contributed by atoms with Gasteiger partial charge in [0.15, 0.2) is 0 Å². The summed E-state index contributed by atoms with van der Waals surface area (Å²) in [5.41, 5.74) is -1.43. The number of hydrogen-bond donors (Lipinski definition) is 3. The number of unbranched alkanes of at least 4 members (excludes halogenated alkanes) is 4. The molecule has 0 aromatic carbocycles. The summed E-state index contributed by atoms with van der Waals surface area (Å²) in [5, 5.41) is 28.6. The summed E-state index contributed by atoms with van der Waals surface area (Å²) in [6, 6.07) is 0. The molecule has 0 saturated carbocycles. The van der Waals surface area contributed by atoms with Crippen molar-refractivity contribution >= 4 is 7.82 Å². The zero-order valence-electron chi connectivity index (χ0n) is 12.4. The molecule has 124 valence electrons. The first-order valence-electron chi connectivity index (χ1n) is 7.54. The molecular weight excluding hydrogens is 299 g/mol. The Balaban J connectivity index is 2.02. The topological polar surface area (TPSA) is 105 Å². The summed E-state index contributed by atoms with van der Waals surface area (Å²) in [7, 11) is -3.55. The number of aliphatic hydroxyl groups excluding tert-OH is 3. The van der Waals surface area contributed by atoms with Crippen LogP contribution in [-0.4, -0.2) is 47.0 Å². The number of hydrogen-bond acceptors (Lipinski definition) is 7. The maximum absolute atomic E-state index is 11.9. The molecule has 0 aliphatic carbocycles. The molecule has 3 heterocycles. The highest BCUT2D eigenvalue weighted by atomic mass is 31.2. The molecule has 0 radical (unpaired) electrons. The maximum atomic E-state index is 11.9. The second kappa shape index (κ2) is 6.62. The molecule has 1 unspecified atom stereocenters. The number of phosphoric ester groups is 1. The molecule has 3 saturated heterocycles. The Morgan fingerprint density at radius 2 is 1.62 bits per heavy atom. The van der Waals surface area contributed by atoms with Crippen LogP contribution in [0.5, 0.6) is 0 Å². The fraction of sp³-hybridized carbons (Fsp3) is 1.00. The third-order valence-electron chi connectivity index (χ3n) is 4.39. The second-order valence-electron chi connectivity index (χ2n) is 5.85. The van der Waals surface area contributed by atoms with Crippen molar-refractivity contribution in [1.29, 1.82) is 0 Å². The molecule has 3 aliphatic heterocycles. The fourth-order valence-corrected chi connectivity index (χ4v) is 4.86. The van der Waals surface area contributed by atoms with E-state index in [2.05, 4.69) is 6.92 Å². The minimum absolute atomic E-state index is 0.546. The lowest BCUT2D eigenvalue weighted by atomic mass is 9.77. The van der Waals surface area contributed by atoms with Crippen molar-refractivity contribution in [2.45, 2.75) is 57.3 Å². The van der Waals surface area contributed by atoms with Gasteiger partial charge in [-0.1, -0.05) is 39.0 Å². The molecule has 8 heteroatoms. The largest absolute Gasteiger partial charge is 0.480 e. The van der Waals surface area contributed by atoms with Crippen LogP contribution in [0.3, 0.4) is 0 Å². The molecular formula is C13H25O7P. The van der Waals surface area contributed by atoms with Crippen molar-refractivity contribution in [2.24, 2.45) is 5.41 Å². The lowest BCUT2D eigenvalue weighted by molar-refractivity contribution is -0.286. The molecule has 2 bridgehead atoms. The van der Waals surface area contributed by atoms with Gasteiger partial charge in [0.2, 0.25) is 5.79 Å². The molecule has 7 nitrogen and oxygen atoms in total. The first-order chi connectivity index (χ1) is 10.0. The third-order valence-corrected chi connectivity index (χ3v) is 5.89. The minimum Gasteiger partial charge on any atom is -0.395 e. The fourth-order valence-electron chi connectivity index (χ4n) is 2.92. The van der Waals surface area contributed by atoms with Gasteiger partial charge in [-0.15, -0.1) is 0 Å². The Labute approximate surface area is 124 Å². The molecule has 1 atom stereocenters. The van der Waals surface area contributed by atoms with E-state index < -0.39 is 44.9 Å². The minimum atomic E-state index is -3.55. The zero-order valence-corrected chi connectivity index (χ0v) is 13.3. The van der Waals surface area contributed by atoms with Crippen LogP contribution < -0.4 is 0 Å². The van der Waals surface area contributed by atoms with E-state index in [1.54, 1.807) is 0 Å². The van der Waals surface area contributed by atoms with Crippen LogP contribution in [-0.2, 0) is 18.1 Å². The highest BCUT2D eigenvalue weighted by Gasteiger charge is 2.78. The lowest BCUT2D eigenvalue weighted by Crippen LogP contribution is -2.63. The van der Waals surface area contributed by atoms with Crippen molar-refractivity contribution in [3.05, 3.63) is 0 Å².